The van der Waals surface area contributed by atoms with E-state index in [0.29, 0.717) is 6.42 Å². The van der Waals surface area contributed by atoms with E-state index in [1.165, 1.54) is 0 Å². The maximum absolute atomic E-state index is 12.7. The molecular formula is C10H16F3NO2. The summed E-state index contributed by atoms with van der Waals surface area (Å²) in [5.74, 6) is -3.49. The summed E-state index contributed by atoms with van der Waals surface area (Å²) in [7, 11) is 0. The molecule has 0 heterocycles. The highest BCUT2D eigenvalue weighted by molar-refractivity contribution is 5.73. The lowest BCUT2D eigenvalue weighted by Crippen LogP contribution is -2.44. The van der Waals surface area contributed by atoms with E-state index < -0.39 is 30.0 Å². The third-order valence-electron chi connectivity index (χ3n) is 2.90. The third-order valence-corrected chi connectivity index (χ3v) is 2.90. The Morgan fingerprint density at radius 1 is 1.44 bits per heavy atom. The number of alkyl halides is 3. The zero-order valence-corrected chi connectivity index (χ0v) is 9.09. The van der Waals surface area contributed by atoms with Gasteiger partial charge in [-0.15, -0.1) is 0 Å². The molecule has 1 aliphatic rings. The van der Waals surface area contributed by atoms with Crippen molar-refractivity contribution in [3.8, 4) is 0 Å². The van der Waals surface area contributed by atoms with Crippen LogP contribution in [-0.4, -0.2) is 24.8 Å². The maximum Gasteiger partial charge on any atom is 0.392 e. The second-order valence-electron chi connectivity index (χ2n) is 4.08. The molecule has 1 saturated carbocycles. The molecule has 0 saturated heterocycles. The number of esters is 1. The van der Waals surface area contributed by atoms with Crippen LogP contribution in [0.1, 0.15) is 26.2 Å². The lowest BCUT2D eigenvalue weighted by Gasteiger charge is -2.34. The molecule has 0 aliphatic heterocycles. The Morgan fingerprint density at radius 2 is 2.06 bits per heavy atom. The molecule has 6 heteroatoms. The van der Waals surface area contributed by atoms with Crippen molar-refractivity contribution in [1.82, 2.24) is 0 Å². The van der Waals surface area contributed by atoms with Gasteiger partial charge >= 0.3 is 12.1 Å². The summed E-state index contributed by atoms with van der Waals surface area (Å²) in [5, 5.41) is 0. The third kappa shape index (κ3) is 3.10. The summed E-state index contributed by atoms with van der Waals surface area (Å²) in [6, 6.07) is -0.475. The summed E-state index contributed by atoms with van der Waals surface area (Å²) < 4.78 is 42.8. The molecule has 2 N–H and O–H groups in total. The fourth-order valence-electron chi connectivity index (χ4n) is 2.10. The number of carbonyl (C=O) groups is 1. The fourth-order valence-corrected chi connectivity index (χ4v) is 2.10. The van der Waals surface area contributed by atoms with Crippen molar-refractivity contribution in [2.45, 2.75) is 38.4 Å². The highest BCUT2D eigenvalue weighted by atomic mass is 19.4. The van der Waals surface area contributed by atoms with Gasteiger partial charge in [-0.1, -0.05) is 0 Å². The van der Waals surface area contributed by atoms with E-state index in [9.17, 15) is 18.0 Å². The first kappa shape index (κ1) is 13.3. The number of hydrogen-bond acceptors (Lipinski definition) is 3. The van der Waals surface area contributed by atoms with Gasteiger partial charge in [-0.3, -0.25) is 4.79 Å². The van der Waals surface area contributed by atoms with Crippen LogP contribution < -0.4 is 5.73 Å². The molecule has 0 radical (unpaired) electrons. The number of rotatable bonds is 2. The largest absolute Gasteiger partial charge is 0.466 e. The van der Waals surface area contributed by atoms with Gasteiger partial charge in [0, 0.05) is 6.04 Å². The van der Waals surface area contributed by atoms with E-state index in [-0.39, 0.29) is 19.4 Å². The summed E-state index contributed by atoms with van der Waals surface area (Å²) in [6.45, 7) is 1.68. The van der Waals surface area contributed by atoms with E-state index in [4.69, 9.17) is 5.73 Å². The maximum atomic E-state index is 12.7. The van der Waals surface area contributed by atoms with Gasteiger partial charge < -0.3 is 10.5 Å². The Hall–Kier alpha value is -0.780. The van der Waals surface area contributed by atoms with Crippen LogP contribution in [0.25, 0.3) is 0 Å². The van der Waals surface area contributed by atoms with Crippen molar-refractivity contribution in [3.63, 3.8) is 0 Å². The number of carbonyl (C=O) groups excluding carboxylic acids is 1. The van der Waals surface area contributed by atoms with Crippen LogP contribution >= 0.6 is 0 Å². The van der Waals surface area contributed by atoms with E-state index >= 15 is 0 Å². The van der Waals surface area contributed by atoms with Crippen LogP contribution in [0.5, 0.6) is 0 Å². The van der Waals surface area contributed by atoms with Crippen LogP contribution in [0, 0.1) is 11.8 Å². The van der Waals surface area contributed by atoms with Crippen molar-refractivity contribution >= 4 is 5.97 Å². The Balaban J connectivity index is 2.76. The summed E-state index contributed by atoms with van der Waals surface area (Å²) in [4.78, 5) is 11.4. The minimum Gasteiger partial charge on any atom is -0.466 e. The smallest absolute Gasteiger partial charge is 0.392 e. The van der Waals surface area contributed by atoms with Crippen LogP contribution in [0.2, 0.25) is 0 Å². The lowest BCUT2D eigenvalue weighted by atomic mass is 9.76. The normalized spacial score (nSPS) is 31.2. The predicted molar refractivity (Wildman–Crippen MR) is 51.5 cm³/mol. The van der Waals surface area contributed by atoms with Crippen molar-refractivity contribution in [2.24, 2.45) is 17.6 Å². The number of hydrogen-bond donors (Lipinski definition) is 1. The van der Waals surface area contributed by atoms with Gasteiger partial charge in [-0.05, 0) is 26.2 Å². The molecule has 0 spiro atoms. The molecule has 0 aromatic heterocycles. The van der Waals surface area contributed by atoms with Crippen LogP contribution in [0.15, 0.2) is 0 Å². The molecule has 0 amide bonds. The zero-order chi connectivity index (χ0) is 12.3. The van der Waals surface area contributed by atoms with Crippen molar-refractivity contribution in [3.05, 3.63) is 0 Å². The van der Waals surface area contributed by atoms with Gasteiger partial charge in [0.25, 0.3) is 0 Å². The number of ether oxygens (including phenoxy) is 1. The van der Waals surface area contributed by atoms with Gasteiger partial charge in [0.1, 0.15) is 0 Å². The highest BCUT2D eigenvalue weighted by Crippen LogP contribution is 2.41. The van der Waals surface area contributed by atoms with Gasteiger partial charge in [-0.2, -0.15) is 13.2 Å². The molecule has 94 valence electrons. The SMILES string of the molecule is CCOC(=O)C1CCC(N)CC1C(F)(F)F. The monoisotopic (exact) mass is 239 g/mol. The number of nitrogens with two attached hydrogens (primary N) is 1. The summed E-state index contributed by atoms with van der Waals surface area (Å²) in [6.07, 6.45) is -3.97. The molecule has 1 fully saturated rings. The minimum atomic E-state index is -4.38. The molecule has 0 aromatic carbocycles. The van der Waals surface area contributed by atoms with E-state index in [2.05, 4.69) is 4.74 Å². The lowest BCUT2D eigenvalue weighted by molar-refractivity contribution is -0.206. The molecule has 3 unspecified atom stereocenters. The molecule has 0 aromatic rings. The van der Waals surface area contributed by atoms with Crippen molar-refractivity contribution < 1.29 is 22.7 Å². The predicted octanol–water partition coefficient (Wildman–Crippen LogP) is 1.86. The molecule has 1 rings (SSSR count). The minimum absolute atomic E-state index is 0.103. The van der Waals surface area contributed by atoms with Gasteiger partial charge in [0.05, 0.1) is 18.4 Å². The Morgan fingerprint density at radius 3 is 2.56 bits per heavy atom. The topological polar surface area (TPSA) is 52.3 Å². The Labute approximate surface area is 92.1 Å². The van der Waals surface area contributed by atoms with Crippen LogP contribution in [0.4, 0.5) is 13.2 Å². The standard InChI is InChI=1S/C10H16F3NO2/c1-2-16-9(15)7-4-3-6(14)5-8(7)10(11,12)13/h6-8H,2-5,14H2,1H3. The Bertz CT molecular complexity index is 255. The molecule has 3 atom stereocenters. The van der Waals surface area contributed by atoms with Crippen molar-refractivity contribution in [2.75, 3.05) is 6.61 Å². The van der Waals surface area contributed by atoms with Gasteiger partial charge in [0.2, 0.25) is 0 Å². The quantitative estimate of drug-likeness (QED) is 0.748. The van der Waals surface area contributed by atoms with Gasteiger partial charge in [0.15, 0.2) is 0 Å². The Kier molecular flexibility index (Phi) is 4.18. The van der Waals surface area contributed by atoms with Crippen LogP contribution in [0.3, 0.4) is 0 Å². The molecule has 3 nitrogen and oxygen atoms in total. The van der Waals surface area contributed by atoms with E-state index in [1.54, 1.807) is 6.92 Å². The van der Waals surface area contributed by atoms with Crippen molar-refractivity contribution in [1.29, 1.82) is 0 Å². The summed E-state index contributed by atoms with van der Waals surface area (Å²) >= 11 is 0. The average molecular weight is 239 g/mol. The first-order chi connectivity index (χ1) is 7.36. The van der Waals surface area contributed by atoms with E-state index in [1.807, 2.05) is 0 Å². The second-order valence-corrected chi connectivity index (χ2v) is 4.08. The van der Waals surface area contributed by atoms with E-state index in [0.717, 1.165) is 0 Å². The highest BCUT2D eigenvalue weighted by Gasteiger charge is 2.50. The zero-order valence-electron chi connectivity index (χ0n) is 9.09. The molecule has 16 heavy (non-hydrogen) atoms. The average Bonchev–Trinajstić information content (AvgIpc) is 2.16. The molecular weight excluding hydrogens is 223 g/mol. The first-order valence-electron chi connectivity index (χ1n) is 5.35. The fraction of sp³-hybridized carbons (Fsp3) is 0.900. The summed E-state index contributed by atoms with van der Waals surface area (Å²) in [5.41, 5.74) is 5.51. The number of halogens is 3. The van der Waals surface area contributed by atoms with Gasteiger partial charge in [-0.25, -0.2) is 0 Å². The molecule has 1 aliphatic carbocycles. The van der Waals surface area contributed by atoms with Crippen LogP contribution in [-0.2, 0) is 9.53 Å². The first-order valence-corrected chi connectivity index (χ1v) is 5.35. The molecule has 0 bridgehead atoms. The second kappa shape index (κ2) is 5.03.